The quantitative estimate of drug-likeness (QED) is 0.543. The number of fused-ring (bicyclic) bond motifs is 1. The van der Waals surface area contributed by atoms with Gasteiger partial charge in [0.1, 0.15) is 0 Å². The molecule has 14 heavy (non-hydrogen) atoms. The first-order valence-electron chi connectivity index (χ1n) is 4.19. The fourth-order valence-corrected chi connectivity index (χ4v) is 1.52. The maximum atomic E-state index is 11.2. The van der Waals surface area contributed by atoms with E-state index < -0.39 is 4.92 Å². The number of amides is 1. The molecule has 0 saturated carbocycles. The van der Waals surface area contributed by atoms with Crippen LogP contribution in [-0.2, 0) is 4.79 Å². The molecule has 1 aromatic rings. The van der Waals surface area contributed by atoms with Gasteiger partial charge in [-0.1, -0.05) is 0 Å². The zero-order chi connectivity index (χ0) is 10.3. The van der Waals surface area contributed by atoms with E-state index in [1.54, 1.807) is 13.0 Å². The Labute approximate surface area is 79.9 Å². The topological polar surface area (TPSA) is 72.2 Å². The number of benzene rings is 1. The molecule has 5 heteroatoms. The highest BCUT2D eigenvalue weighted by molar-refractivity contribution is 6.02. The van der Waals surface area contributed by atoms with Crippen molar-refractivity contribution < 1.29 is 9.72 Å². The fourth-order valence-electron chi connectivity index (χ4n) is 1.52. The van der Waals surface area contributed by atoms with Gasteiger partial charge >= 0.3 is 0 Å². The lowest BCUT2D eigenvalue weighted by Crippen LogP contribution is -2.08. The Morgan fingerprint density at radius 1 is 1.50 bits per heavy atom. The monoisotopic (exact) mass is 192 g/mol. The van der Waals surface area contributed by atoms with Gasteiger partial charge in [0, 0.05) is 17.8 Å². The van der Waals surface area contributed by atoms with Crippen LogP contribution in [0.25, 0.3) is 0 Å². The molecule has 1 aliphatic heterocycles. The predicted octanol–water partition coefficient (Wildman–Crippen LogP) is 1.65. The molecule has 0 fully saturated rings. The normalized spacial score (nSPS) is 18.9. The zero-order valence-corrected chi connectivity index (χ0v) is 7.48. The number of nitro groups is 1. The van der Waals surface area contributed by atoms with Gasteiger partial charge in [0.15, 0.2) is 0 Å². The number of carbonyl (C=O) groups is 1. The average Bonchev–Trinajstić information content (AvgIpc) is 2.43. The van der Waals surface area contributed by atoms with Crippen LogP contribution in [-0.4, -0.2) is 10.8 Å². The summed E-state index contributed by atoms with van der Waals surface area (Å²) >= 11 is 0. The Morgan fingerprint density at radius 3 is 2.86 bits per heavy atom. The van der Waals surface area contributed by atoms with E-state index in [9.17, 15) is 14.9 Å². The lowest BCUT2D eigenvalue weighted by Gasteiger charge is -1.99. The van der Waals surface area contributed by atoms with E-state index in [1.807, 2.05) is 0 Å². The van der Waals surface area contributed by atoms with Crippen LogP contribution >= 0.6 is 0 Å². The van der Waals surface area contributed by atoms with Crippen LogP contribution in [0, 0.1) is 10.1 Å². The maximum absolute atomic E-state index is 11.2. The molecule has 1 amide bonds. The molecule has 0 spiro atoms. The Hall–Kier alpha value is -1.91. The number of non-ortho nitro benzene ring substituents is 1. The minimum atomic E-state index is -0.463. The van der Waals surface area contributed by atoms with Gasteiger partial charge in [-0.2, -0.15) is 0 Å². The molecule has 0 saturated heterocycles. The first-order chi connectivity index (χ1) is 6.59. The second-order valence-corrected chi connectivity index (χ2v) is 3.24. The van der Waals surface area contributed by atoms with Crippen LogP contribution in [0.5, 0.6) is 0 Å². The van der Waals surface area contributed by atoms with E-state index in [0.29, 0.717) is 11.3 Å². The summed E-state index contributed by atoms with van der Waals surface area (Å²) < 4.78 is 0. The van der Waals surface area contributed by atoms with Crippen LogP contribution in [0.15, 0.2) is 18.2 Å². The molecule has 1 heterocycles. The molecule has 0 radical (unpaired) electrons. The number of hydrogen-bond acceptors (Lipinski definition) is 3. The van der Waals surface area contributed by atoms with Crippen LogP contribution < -0.4 is 5.32 Å². The Kier molecular flexibility index (Phi) is 1.73. The lowest BCUT2D eigenvalue weighted by molar-refractivity contribution is -0.384. The molecule has 72 valence electrons. The summed E-state index contributed by atoms with van der Waals surface area (Å²) in [5.41, 5.74) is 1.39. The second kappa shape index (κ2) is 2.80. The number of nitro benzene ring substituents is 1. The van der Waals surface area contributed by atoms with Crippen molar-refractivity contribution in [2.45, 2.75) is 12.8 Å². The van der Waals surface area contributed by atoms with E-state index in [-0.39, 0.29) is 17.5 Å². The van der Waals surface area contributed by atoms with Crippen molar-refractivity contribution in [1.29, 1.82) is 0 Å². The summed E-state index contributed by atoms with van der Waals surface area (Å²) in [6.45, 7) is 1.73. The number of nitrogens with zero attached hydrogens (tertiary/aromatic N) is 1. The van der Waals surface area contributed by atoms with Crippen molar-refractivity contribution in [2.24, 2.45) is 0 Å². The highest BCUT2D eigenvalue weighted by Gasteiger charge is 2.27. The van der Waals surface area contributed by atoms with Crippen LogP contribution in [0.4, 0.5) is 11.4 Å². The Balaban J connectivity index is 2.51. The van der Waals surface area contributed by atoms with Crippen molar-refractivity contribution in [1.82, 2.24) is 0 Å². The summed E-state index contributed by atoms with van der Waals surface area (Å²) in [5.74, 6) is -0.412. The fraction of sp³-hybridized carbons (Fsp3) is 0.222. The molecule has 5 nitrogen and oxygen atoms in total. The minimum Gasteiger partial charge on any atom is -0.325 e. The van der Waals surface area contributed by atoms with E-state index in [4.69, 9.17) is 0 Å². The SMILES string of the molecule is C[C@H]1C(=O)Nc2ccc([N+](=O)[O-])cc21. The van der Waals surface area contributed by atoms with E-state index in [2.05, 4.69) is 5.32 Å². The molecular weight excluding hydrogens is 184 g/mol. The summed E-state index contributed by atoms with van der Waals surface area (Å²) in [7, 11) is 0. The van der Waals surface area contributed by atoms with Crippen molar-refractivity contribution in [3.8, 4) is 0 Å². The first kappa shape index (κ1) is 8.68. The van der Waals surface area contributed by atoms with Gasteiger partial charge in [0.2, 0.25) is 5.91 Å². The highest BCUT2D eigenvalue weighted by atomic mass is 16.6. The molecule has 1 aromatic carbocycles. The van der Waals surface area contributed by atoms with Gasteiger partial charge in [-0.3, -0.25) is 14.9 Å². The van der Waals surface area contributed by atoms with E-state index >= 15 is 0 Å². The maximum Gasteiger partial charge on any atom is 0.269 e. The molecule has 1 atom stereocenters. The molecule has 0 aliphatic carbocycles. The summed E-state index contributed by atoms with van der Waals surface area (Å²) in [4.78, 5) is 21.3. The predicted molar refractivity (Wildman–Crippen MR) is 50.1 cm³/mol. The van der Waals surface area contributed by atoms with E-state index in [0.717, 1.165) is 0 Å². The van der Waals surface area contributed by atoms with Crippen molar-refractivity contribution in [2.75, 3.05) is 5.32 Å². The van der Waals surface area contributed by atoms with Gasteiger partial charge in [0.05, 0.1) is 10.8 Å². The minimum absolute atomic E-state index is 0.0205. The third-order valence-corrected chi connectivity index (χ3v) is 2.36. The summed E-state index contributed by atoms with van der Waals surface area (Å²) in [5, 5.41) is 13.1. The van der Waals surface area contributed by atoms with Gasteiger partial charge in [-0.25, -0.2) is 0 Å². The van der Waals surface area contributed by atoms with Crippen molar-refractivity contribution in [3.05, 3.63) is 33.9 Å². The summed E-state index contributed by atoms with van der Waals surface area (Å²) in [6.07, 6.45) is 0. The number of rotatable bonds is 1. The third kappa shape index (κ3) is 1.14. The van der Waals surface area contributed by atoms with Crippen molar-refractivity contribution >= 4 is 17.3 Å². The average molecular weight is 192 g/mol. The number of carbonyl (C=O) groups excluding carboxylic acids is 1. The second-order valence-electron chi connectivity index (χ2n) is 3.24. The summed E-state index contributed by atoms with van der Waals surface area (Å²) in [6, 6.07) is 4.39. The van der Waals surface area contributed by atoms with Gasteiger partial charge < -0.3 is 5.32 Å². The number of nitrogens with one attached hydrogen (secondary N) is 1. The molecule has 2 rings (SSSR count). The Morgan fingerprint density at radius 2 is 2.21 bits per heavy atom. The standard InChI is InChI=1S/C9H8N2O3/c1-5-7-4-6(11(13)14)2-3-8(7)10-9(5)12/h2-5H,1H3,(H,10,12)/t5-/m1/s1. The molecule has 0 unspecified atom stereocenters. The van der Waals surface area contributed by atoms with Gasteiger partial charge in [-0.05, 0) is 18.6 Å². The van der Waals surface area contributed by atoms with Gasteiger partial charge in [0.25, 0.3) is 5.69 Å². The van der Waals surface area contributed by atoms with E-state index in [1.165, 1.54) is 12.1 Å². The first-order valence-corrected chi connectivity index (χ1v) is 4.19. The van der Waals surface area contributed by atoms with Crippen LogP contribution in [0.3, 0.4) is 0 Å². The van der Waals surface area contributed by atoms with Crippen LogP contribution in [0.2, 0.25) is 0 Å². The third-order valence-electron chi connectivity index (χ3n) is 2.36. The molecule has 0 aromatic heterocycles. The van der Waals surface area contributed by atoms with Crippen molar-refractivity contribution in [3.63, 3.8) is 0 Å². The zero-order valence-electron chi connectivity index (χ0n) is 7.48. The van der Waals surface area contributed by atoms with Crippen LogP contribution in [0.1, 0.15) is 18.4 Å². The highest BCUT2D eigenvalue weighted by Crippen LogP contribution is 2.34. The molecule has 0 bridgehead atoms. The van der Waals surface area contributed by atoms with Gasteiger partial charge in [-0.15, -0.1) is 0 Å². The molecular formula is C9H8N2O3. The largest absolute Gasteiger partial charge is 0.325 e. The number of anilines is 1. The Bertz CT molecular complexity index is 428. The smallest absolute Gasteiger partial charge is 0.269 e. The lowest BCUT2D eigenvalue weighted by atomic mass is 10.0. The molecule has 1 N–H and O–H groups in total. The number of hydrogen-bond donors (Lipinski definition) is 1. The molecule has 1 aliphatic rings.